The highest BCUT2D eigenvalue weighted by Gasteiger charge is 2.32. The second-order valence-corrected chi connectivity index (χ2v) is 6.50. The standard InChI is InChI=1S/C14H14ClF2NO3S/c1-8(19)22-7-9-4-13(20)18(6-9)11-5-10(15)2-3-12(11)21-14(16)17/h2-3,5,9,14H,4,6-7H2,1H3. The summed E-state index contributed by atoms with van der Waals surface area (Å²) in [6, 6.07) is 4.17. The molecule has 1 aromatic rings. The monoisotopic (exact) mass is 349 g/mol. The lowest BCUT2D eigenvalue weighted by atomic mass is 10.1. The van der Waals surface area contributed by atoms with Crippen molar-refractivity contribution in [3.05, 3.63) is 23.2 Å². The molecule has 1 unspecified atom stereocenters. The molecule has 1 fully saturated rings. The minimum atomic E-state index is -2.98. The van der Waals surface area contributed by atoms with Crippen LogP contribution in [0, 0.1) is 5.92 Å². The van der Waals surface area contributed by atoms with Crippen molar-refractivity contribution in [3.63, 3.8) is 0 Å². The van der Waals surface area contributed by atoms with Crippen molar-refractivity contribution in [2.24, 2.45) is 5.92 Å². The zero-order valence-electron chi connectivity index (χ0n) is 11.7. The Hall–Kier alpha value is -1.34. The summed E-state index contributed by atoms with van der Waals surface area (Å²) >= 11 is 7.04. The highest BCUT2D eigenvalue weighted by Crippen LogP contribution is 2.36. The summed E-state index contributed by atoms with van der Waals surface area (Å²) < 4.78 is 29.4. The number of benzene rings is 1. The number of thioether (sulfide) groups is 1. The highest BCUT2D eigenvalue weighted by atomic mass is 35.5. The molecule has 4 nitrogen and oxygen atoms in total. The van der Waals surface area contributed by atoms with Crippen LogP contribution in [0.1, 0.15) is 13.3 Å². The molecule has 8 heteroatoms. The minimum absolute atomic E-state index is 0.0141. The molecule has 2 rings (SSSR count). The van der Waals surface area contributed by atoms with Crippen molar-refractivity contribution < 1.29 is 23.1 Å². The second kappa shape index (κ2) is 7.28. The van der Waals surface area contributed by atoms with E-state index in [0.29, 0.717) is 17.3 Å². The van der Waals surface area contributed by atoms with E-state index in [-0.39, 0.29) is 34.8 Å². The molecule has 1 saturated heterocycles. The number of carbonyl (C=O) groups is 2. The first kappa shape index (κ1) is 17.0. The molecule has 1 heterocycles. The summed E-state index contributed by atoms with van der Waals surface area (Å²) in [5.74, 6) is 0.214. The lowest BCUT2D eigenvalue weighted by Crippen LogP contribution is -2.25. The number of hydrogen-bond acceptors (Lipinski definition) is 4. The van der Waals surface area contributed by atoms with Crippen LogP contribution in [-0.2, 0) is 9.59 Å². The molecule has 0 spiro atoms. The average Bonchev–Trinajstić information content (AvgIpc) is 2.79. The topological polar surface area (TPSA) is 46.6 Å². The van der Waals surface area contributed by atoms with Crippen LogP contribution in [0.4, 0.5) is 14.5 Å². The fraction of sp³-hybridized carbons (Fsp3) is 0.429. The van der Waals surface area contributed by atoms with Crippen LogP contribution in [0.25, 0.3) is 0 Å². The largest absolute Gasteiger partial charge is 0.433 e. The van der Waals surface area contributed by atoms with Gasteiger partial charge < -0.3 is 9.64 Å². The number of anilines is 1. The molecule has 120 valence electrons. The van der Waals surface area contributed by atoms with Gasteiger partial charge in [0, 0.05) is 30.7 Å². The molecule has 22 heavy (non-hydrogen) atoms. The maximum atomic E-state index is 12.5. The molecular formula is C14H14ClF2NO3S. The molecule has 0 radical (unpaired) electrons. The van der Waals surface area contributed by atoms with Gasteiger partial charge in [0.2, 0.25) is 5.91 Å². The minimum Gasteiger partial charge on any atom is -0.433 e. The first-order valence-electron chi connectivity index (χ1n) is 6.55. The van der Waals surface area contributed by atoms with Crippen LogP contribution in [-0.4, -0.2) is 29.9 Å². The Bertz CT molecular complexity index is 585. The Morgan fingerprint density at radius 2 is 2.27 bits per heavy atom. The Kier molecular flexibility index (Phi) is 5.63. The van der Waals surface area contributed by atoms with Gasteiger partial charge in [-0.25, -0.2) is 0 Å². The van der Waals surface area contributed by atoms with Crippen LogP contribution in [0.3, 0.4) is 0 Å². The molecule has 1 amide bonds. The van der Waals surface area contributed by atoms with E-state index in [1.54, 1.807) is 0 Å². The molecule has 0 bridgehead atoms. The number of alkyl halides is 2. The van der Waals surface area contributed by atoms with E-state index in [2.05, 4.69) is 4.74 Å². The van der Waals surface area contributed by atoms with Gasteiger partial charge in [-0.05, 0) is 24.1 Å². The van der Waals surface area contributed by atoms with Gasteiger partial charge in [0.1, 0.15) is 5.75 Å². The summed E-state index contributed by atoms with van der Waals surface area (Å²) in [4.78, 5) is 24.5. The summed E-state index contributed by atoms with van der Waals surface area (Å²) in [5, 5.41) is 0.307. The van der Waals surface area contributed by atoms with E-state index in [1.807, 2.05) is 0 Å². The van der Waals surface area contributed by atoms with Crippen LogP contribution >= 0.6 is 23.4 Å². The Balaban J connectivity index is 2.18. The van der Waals surface area contributed by atoms with E-state index >= 15 is 0 Å². The molecule has 0 aromatic heterocycles. The van der Waals surface area contributed by atoms with Crippen LogP contribution in [0.2, 0.25) is 5.02 Å². The number of rotatable bonds is 5. The van der Waals surface area contributed by atoms with Gasteiger partial charge in [-0.3, -0.25) is 9.59 Å². The first-order chi connectivity index (χ1) is 10.4. The van der Waals surface area contributed by atoms with E-state index in [9.17, 15) is 18.4 Å². The molecule has 1 aliphatic heterocycles. The molecule has 0 saturated carbocycles. The average molecular weight is 350 g/mol. The van der Waals surface area contributed by atoms with Crippen molar-refractivity contribution in [2.45, 2.75) is 20.0 Å². The van der Waals surface area contributed by atoms with Crippen molar-refractivity contribution in [1.29, 1.82) is 0 Å². The zero-order chi connectivity index (χ0) is 16.3. The number of ether oxygens (including phenoxy) is 1. The normalized spacial score (nSPS) is 18.1. The Labute approximate surface area is 135 Å². The summed E-state index contributed by atoms with van der Waals surface area (Å²) in [6.45, 7) is -1.18. The van der Waals surface area contributed by atoms with Gasteiger partial charge >= 0.3 is 6.61 Å². The Morgan fingerprint density at radius 3 is 2.91 bits per heavy atom. The molecule has 1 atom stereocenters. The number of nitrogens with zero attached hydrogens (tertiary/aromatic N) is 1. The quantitative estimate of drug-likeness (QED) is 0.815. The maximum Gasteiger partial charge on any atom is 0.387 e. The number of halogens is 3. The van der Waals surface area contributed by atoms with Gasteiger partial charge in [-0.15, -0.1) is 0 Å². The van der Waals surface area contributed by atoms with Gasteiger partial charge in [0.05, 0.1) is 5.69 Å². The third-order valence-corrected chi connectivity index (χ3v) is 4.43. The highest BCUT2D eigenvalue weighted by molar-refractivity contribution is 8.13. The van der Waals surface area contributed by atoms with Gasteiger partial charge in [-0.2, -0.15) is 8.78 Å². The zero-order valence-corrected chi connectivity index (χ0v) is 13.3. The molecular weight excluding hydrogens is 336 g/mol. The summed E-state index contributed by atoms with van der Waals surface area (Å²) in [5.41, 5.74) is 0.230. The third-order valence-electron chi connectivity index (χ3n) is 3.16. The van der Waals surface area contributed by atoms with Crippen LogP contribution in [0.5, 0.6) is 5.75 Å². The van der Waals surface area contributed by atoms with Gasteiger partial charge in [0.25, 0.3) is 0 Å². The van der Waals surface area contributed by atoms with Crippen LogP contribution < -0.4 is 9.64 Å². The lowest BCUT2D eigenvalue weighted by molar-refractivity contribution is -0.117. The fourth-order valence-electron chi connectivity index (χ4n) is 2.26. The van der Waals surface area contributed by atoms with E-state index in [1.165, 1.54) is 30.0 Å². The van der Waals surface area contributed by atoms with Crippen molar-refractivity contribution in [1.82, 2.24) is 0 Å². The van der Waals surface area contributed by atoms with E-state index < -0.39 is 6.61 Å². The van der Waals surface area contributed by atoms with Crippen molar-refractivity contribution >= 4 is 40.1 Å². The summed E-state index contributed by atoms with van der Waals surface area (Å²) in [7, 11) is 0. The molecule has 1 aromatic carbocycles. The smallest absolute Gasteiger partial charge is 0.387 e. The maximum absolute atomic E-state index is 12.5. The van der Waals surface area contributed by atoms with Crippen molar-refractivity contribution in [3.8, 4) is 5.75 Å². The van der Waals surface area contributed by atoms with Gasteiger partial charge in [-0.1, -0.05) is 23.4 Å². The molecule has 0 N–H and O–H groups in total. The van der Waals surface area contributed by atoms with E-state index in [4.69, 9.17) is 11.6 Å². The lowest BCUT2D eigenvalue weighted by Gasteiger charge is -2.20. The number of hydrogen-bond donors (Lipinski definition) is 0. The SMILES string of the molecule is CC(=O)SCC1CC(=O)N(c2cc(Cl)ccc2OC(F)F)C1. The van der Waals surface area contributed by atoms with E-state index in [0.717, 1.165) is 11.8 Å². The number of amides is 1. The van der Waals surface area contributed by atoms with Crippen molar-refractivity contribution in [2.75, 3.05) is 17.2 Å². The molecule has 1 aliphatic rings. The third kappa shape index (κ3) is 4.33. The fourth-order valence-corrected chi connectivity index (χ4v) is 3.12. The first-order valence-corrected chi connectivity index (χ1v) is 7.91. The number of carbonyl (C=O) groups excluding carboxylic acids is 2. The summed E-state index contributed by atoms with van der Waals surface area (Å²) in [6.07, 6.45) is 0.265. The predicted molar refractivity (Wildman–Crippen MR) is 81.7 cm³/mol. The Morgan fingerprint density at radius 1 is 1.55 bits per heavy atom. The predicted octanol–water partition coefficient (Wildman–Crippen LogP) is 3.57. The van der Waals surface area contributed by atoms with Crippen LogP contribution in [0.15, 0.2) is 18.2 Å². The van der Waals surface area contributed by atoms with Gasteiger partial charge in [0.15, 0.2) is 5.12 Å². The molecule has 0 aliphatic carbocycles. The second-order valence-electron chi connectivity index (χ2n) is 4.87.